The standard InChI is InChI=1S/C27H36O4/c1-4-28-17-19-30-15-13-27(14-16-31-20-18-29-5-2)25-12-7-6-10-23(25)24-11-8-9-22(3)21-26(24)27/h6-7,9-12,21H,4-5,13-20H2,1-3H3. The maximum absolute atomic E-state index is 5.97. The van der Waals surface area contributed by atoms with Crippen molar-refractivity contribution in [3.63, 3.8) is 0 Å². The van der Waals surface area contributed by atoms with Gasteiger partial charge in [-0.25, -0.2) is 0 Å². The van der Waals surface area contributed by atoms with E-state index in [2.05, 4.69) is 55.1 Å². The second kappa shape index (κ2) is 12.2. The summed E-state index contributed by atoms with van der Waals surface area (Å²) in [5.74, 6) is 0. The summed E-state index contributed by atoms with van der Waals surface area (Å²) in [6.07, 6.45) is 8.33. The molecule has 0 heterocycles. The molecule has 4 heteroatoms. The lowest BCUT2D eigenvalue weighted by molar-refractivity contribution is 0.0355. The molecule has 2 aliphatic carbocycles. The molecule has 0 unspecified atom stereocenters. The van der Waals surface area contributed by atoms with Gasteiger partial charge in [-0.3, -0.25) is 0 Å². The summed E-state index contributed by atoms with van der Waals surface area (Å²) >= 11 is 0. The Kier molecular flexibility index (Phi) is 9.32. The van der Waals surface area contributed by atoms with E-state index in [9.17, 15) is 0 Å². The number of rotatable bonds is 14. The minimum atomic E-state index is -0.138. The first-order valence-corrected chi connectivity index (χ1v) is 11.5. The van der Waals surface area contributed by atoms with Crippen molar-refractivity contribution in [3.8, 4) is 0 Å². The lowest BCUT2D eigenvalue weighted by Crippen LogP contribution is -2.30. The van der Waals surface area contributed by atoms with Crippen molar-refractivity contribution in [2.45, 2.75) is 39.0 Å². The third kappa shape index (κ3) is 5.85. The van der Waals surface area contributed by atoms with E-state index in [1.165, 1.54) is 27.8 Å². The highest BCUT2D eigenvalue weighted by Gasteiger charge is 2.43. The first-order chi connectivity index (χ1) is 15.2. The van der Waals surface area contributed by atoms with Gasteiger partial charge in [0.25, 0.3) is 0 Å². The minimum absolute atomic E-state index is 0.138. The van der Waals surface area contributed by atoms with E-state index in [4.69, 9.17) is 18.9 Å². The Balaban J connectivity index is 1.83. The van der Waals surface area contributed by atoms with Crippen LogP contribution in [0.1, 0.15) is 44.7 Å². The van der Waals surface area contributed by atoms with E-state index in [0.29, 0.717) is 39.6 Å². The van der Waals surface area contributed by atoms with Crippen LogP contribution in [-0.4, -0.2) is 52.9 Å². The molecule has 0 fully saturated rings. The SMILES string of the molecule is CCOCCOCCC1(CCOCCOCC)C2=C(C=C=CC(C)=C2)c2ccccc21. The van der Waals surface area contributed by atoms with E-state index in [-0.39, 0.29) is 5.41 Å². The van der Waals surface area contributed by atoms with Crippen molar-refractivity contribution in [1.29, 1.82) is 0 Å². The van der Waals surface area contributed by atoms with Crippen LogP contribution in [-0.2, 0) is 24.4 Å². The molecule has 1 aromatic rings. The minimum Gasteiger partial charge on any atom is -0.379 e. The second-order valence-corrected chi connectivity index (χ2v) is 7.92. The first kappa shape index (κ1) is 23.7. The van der Waals surface area contributed by atoms with Gasteiger partial charge in [0.2, 0.25) is 0 Å². The summed E-state index contributed by atoms with van der Waals surface area (Å²) in [4.78, 5) is 0. The maximum Gasteiger partial charge on any atom is 0.0700 e. The molecule has 0 aliphatic heterocycles. The van der Waals surface area contributed by atoms with Crippen LogP contribution in [0.25, 0.3) is 5.57 Å². The summed E-state index contributed by atoms with van der Waals surface area (Å²) in [5, 5.41) is 0. The fourth-order valence-electron chi connectivity index (χ4n) is 4.47. The smallest absolute Gasteiger partial charge is 0.0700 e. The fourth-order valence-corrected chi connectivity index (χ4v) is 4.47. The largest absolute Gasteiger partial charge is 0.379 e. The number of hydrogen-bond donors (Lipinski definition) is 0. The van der Waals surface area contributed by atoms with Crippen molar-refractivity contribution in [2.24, 2.45) is 0 Å². The normalized spacial score (nSPS) is 16.3. The number of benzene rings is 1. The Morgan fingerprint density at radius 2 is 1.39 bits per heavy atom. The number of allylic oxidation sites excluding steroid dienone is 5. The lowest BCUT2D eigenvalue weighted by Gasteiger charge is -2.33. The van der Waals surface area contributed by atoms with Crippen LogP contribution >= 0.6 is 0 Å². The van der Waals surface area contributed by atoms with Crippen LogP contribution in [0.3, 0.4) is 0 Å². The molecule has 0 N–H and O–H groups in total. The van der Waals surface area contributed by atoms with Gasteiger partial charge in [-0.05, 0) is 73.6 Å². The summed E-state index contributed by atoms with van der Waals surface area (Å²) in [6, 6.07) is 8.76. The molecule has 0 amide bonds. The average Bonchev–Trinajstić information content (AvgIpc) is 2.89. The summed E-state index contributed by atoms with van der Waals surface area (Å²) in [5.41, 5.74) is 9.73. The van der Waals surface area contributed by atoms with E-state index < -0.39 is 0 Å². The van der Waals surface area contributed by atoms with Gasteiger partial charge in [0, 0.05) is 31.8 Å². The first-order valence-electron chi connectivity index (χ1n) is 11.5. The van der Waals surface area contributed by atoms with E-state index in [0.717, 1.165) is 26.1 Å². The summed E-state index contributed by atoms with van der Waals surface area (Å²) < 4.78 is 22.8. The van der Waals surface area contributed by atoms with E-state index in [1.54, 1.807) is 0 Å². The molecule has 0 atom stereocenters. The van der Waals surface area contributed by atoms with Crippen LogP contribution < -0.4 is 0 Å². The fraction of sp³-hybridized carbons (Fsp3) is 0.519. The van der Waals surface area contributed by atoms with E-state index in [1.807, 2.05) is 13.8 Å². The highest BCUT2D eigenvalue weighted by molar-refractivity contribution is 5.88. The monoisotopic (exact) mass is 424 g/mol. The third-order valence-electron chi connectivity index (χ3n) is 5.95. The summed E-state index contributed by atoms with van der Waals surface area (Å²) in [6.45, 7) is 11.5. The van der Waals surface area contributed by atoms with Gasteiger partial charge in [-0.1, -0.05) is 30.3 Å². The molecule has 0 bridgehead atoms. The van der Waals surface area contributed by atoms with Crippen molar-refractivity contribution < 1.29 is 18.9 Å². The second-order valence-electron chi connectivity index (χ2n) is 7.92. The van der Waals surface area contributed by atoms with Gasteiger partial charge in [0.1, 0.15) is 0 Å². The van der Waals surface area contributed by atoms with Crippen molar-refractivity contribution in [1.82, 2.24) is 0 Å². The highest BCUT2D eigenvalue weighted by Crippen LogP contribution is 2.52. The third-order valence-corrected chi connectivity index (χ3v) is 5.95. The zero-order chi connectivity index (χ0) is 21.9. The molecule has 0 radical (unpaired) electrons. The van der Waals surface area contributed by atoms with Crippen molar-refractivity contribution in [3.05, 3.63) is 70.5 Å². The zero-order valence-corrected chi connectivity index (χ0v) is 19.2. The van der Waals surface area contributed by atoms with Gasteiger partial charge in [0.05, 0.1) is 26.4 Å². The molecule has 0 aromatic heterocycles. The Hall–Kier alpha value is -1.94. The summed E-state index contributed by atoms with van der Waals surface area (Å²) in [7, 11) is 0. The Bertz CT molecular complexity index is 827. The molecule has 1 aromatic carbocycles. The van der Waals surface area contributed by atoms with Gasteiger partial charge < -0.3 is 18.9 Å². The zero-order valence-electron chi connectivity index (χ0n) is 19.2. The molecule has 31 heavy (non-hydrogen) atoms. The van der Waals surface area contributed by atoms with Gasteiger partial charge in [0.15, 0.2) is 0 Å². The molecule has 3 rings (SSSR count). The van der Waals surface area contributed by atoms with Crippen molar-refractivity contribution >= 4 is 5.57 Å². The predicted molar refractivity (Wildman–Crippen MR) is 125 cm³/mol. The van der Waals surface area contributed by atoms with Crippen LogP contribution in [0.2, 0.25) is 0 Å². The number of ether oxygens (including phenoxy) is 4. The molecular weight excluding hydrogens is 388 g/mol. The molecule has 0 saturated heterocycles. The number of fused-ring (bicyclic) bond motifs is 2. The molecule has 168 valence electrons. The van der Waals surface area contributed by atoms with Gasteiger partial charge in [-0.2, -0.15) is 0 Å². The topological polar surface area (TPSA) is 36.9 Å². The highest BCUT2D eigenvalue weighted by atomic mass is 16.5. The van der Waals surface area contributed by atoms with Gasteiger partial charge >= 0.3 is 0 Å². The number of hydrogen-bond acceptors (Lipinski definition) is 4. The Morgan fingerprint density at radius 3 is 2.03 bits per heavy atom. The van der Waals surface area contributed by atoms with Crippen LogP contribution in [0.15, 0.2) is 59.4 Å². The quantitative estimate of drug-likeness (QED) is 0.302. The maximum atomic E-state index is 5.97. The molecule has 2 aliphatic rings. The van der Waals surface area contributed by atoms with Crippen LogP contribution in [0.5, 0.6) is 0 Å². The van der Waals surface area contributed by atoms with Crippen LogP contribution in [0, 0.1) is 0 Å². The molecule has 0 saturated carbocycles. The molecule has 0 spiro atoms. The van der Waals surface area contributed by atoms with Crippen molar-refractivity contribution in [2.75, 3.05) is 52.9 Å². The Labute approximate surface area is 187 Å². The lowest BCUT2D eigenvalue weighted by atomic mass is 9.71. The van der Waals surface area contributed by atoms with Gasteiger partial charge in [-0.15, -0.1) is 5.73 Å². The molecular formula is C27H36O4. The van der Waals surface area contributed by atoms with E-state index >= 15 is 0 Å². The average molecular weight is 425 g/mol. The predicted octanol–water partition coefficient (Wildman–Crippen LogP) is 5.25. The molecule has 4 nitrogen and oxygen atoms in total. The van der Waals surface area contributed by atoms with Crippen LogP contribution in [0.4, 0.5) is 0 Å². The Morgan fingerprint density at radius 1 is 0.774 bits per heavy atom.